The molecule has 1 saturated heterocycles. The van der Waals surface area contributed by atoms with Crippen molar-refractivity contribution in [3.05, 3.63) is 71.3 Å². The molecule has 1 heterocycles. The molecule has 1 fully saturated rings. The second kappa shape index (κ2) is 10.8. The Morgan fingerprint density at radius 1 is 1.00 bits per heavy atom. The molecule has 0 bridgehead atoms. The summed E-state index contributed by atoms with van der Waals surface area (Å²) in [7, 11) is 2.17. The minimum Gasteiger partial charge on any atom is -0.494 e. The van der Waals surface area contributed by atoms with E-state index in [9.17, 15) is 4.79 Å². The normalized spacial score (nSPS) is 15.5. The van der Waals surface area contributed by atoms with Gasteiger partial charge >= 0.3 is 0 Å². The first-order chi connectivity index (χ1) is 14.1. The summed E-state index contributed by atoms with van der Waals surface area (Å²) in [5.74, 6) is 0.741. The number of benzene rings is 2. The largest absolute Gasteiger partial charge is 0.494 e. The van der Waals surface area contributed by atoms with Gasteiger partial charge in [0.1, 0.15) is 5.75 Å². The van der Waals surface area contributed by atoms with Crippen molar-refractivity contribution in [1.82, 2.24) is 15.1 Å². The third-order valence-electron chi connectivity index (χ3n) is 5.11. The van der Waals surface area contributed by atoms with Crippen LogP contribution in [-0.4, -0.2) is 55.5 Å². The van der Waals surface area contributed by atoms with Gasteiger partial charge in [0.25, 0.3) is 0 Å². The van der Waals surface area contributed by atoms with E-state index in [-0.39, 0.29) is 5.91 Å². The number of hydrogen-bond acceptors (Lipinski definition) is 4. The van der Waals surface area contributed by atoms with E-state index in [1.807, 2.05) is 37.3 Å². The third kappa shape index (κ3) is 7.04. The zero-order valence-electron chi connectivity index (χ0n) is 17.4. The first-order valence-corrected chi connectivity index (χ1v) is 10.3. The highest BCUT2D eigenvalue weighted by Gasteiger charge is 2.13. The van der Waals surface area contributed by atoms with Crippen LogP contribution in [0, 0.1) is 0 Å². The van der Waals surface area contributed by atoms with Gasteiger partial charge in [-0.15, -0.1) is 0 Å². The molecule has 1 N–H and O–H groups in total. The van der Waals surface area contributed by atoms with Crippen molar-refractivity contribution in [2.75, 3.05) is 39.8 Å². The summed E-state index contributed by atoms with van der Waals surface area (Å²) in [4.78, 5) is 16.9. The number of carbonyl (C=O) groups excluding carboxylic acids is 1. The van der Waals surface area contributed by atoms with Gasteiger partial charge in [0, 0.05) is 45.3 Å². The topological polar surface area (TPSA) is 44.8 Å². The fourth-order valence-corrected chi connectivity index (χ4v) is 3.29. The van der Waals surface area contributed by atoms with Crippen LogP contribution in [0.15, 0.2) is 54.6 Å². The monoisotopic (exact) mass is 393 g/mol. The minimum atomic E-state index is -0.0969. The van der Waals surface area contributed by atoms with E-state index in [4.69, 9.17) is 4.74 Å². The maximum absolute atomic E-state index is 12.1. The van der Waals surface area contributed by atoms with E-state index in [1.54, 1.807) is 6.08 Å². The molecule has 29 heavy (non-hydrogen) atoms. The summed E-state index contributed by atoms with van der Waals surface area (Å²) in [5, 5.41) is 2.94. The maximum Gasteiger partial charge on any atom is 0.244 e. The molecule has 0 unspecified atom stereocenters. The molecule has 1 aliphatic rings. The van der Waals surface area contributed by atoms with Crippen LogP contribution >= 0.6 is 0 Å². The molecule has 5 nitrogen and oxygen atoms in total. The summed E-state index contributed by atoms with van der Waals surface area (Å²) < 4.78 is 5.42. The molecule has 154 valence electrons. The number of likely N-dealkylation sites (N-methyl/N-ethyl adjacent to an activating group) is 1. The lowest BCUT2D eigenvalue weighted by Gasteiger charge is -2.32. The lowest BCUT2D eigenvalue weighted by atomic mass is 10.1. The van der Waals surface area contributed by atoms with Crippen LogP contribution in [0.25, 0.3) is 6.08 Å². The zero-order chi connectivity index (χ0) is 20.5. The first kappa shape index (κ1) is 21.1. The fourth-order valence-electron chi connectivity index (χ4n) is 3.29. The van der Waals surface area contributed by atoms with Gasteiger partial charge in [0.15, 0.2) is 0 Å². The molecule has 1 aliphatic heterocycles. The van der Waals surface area contributed by atoms with Crippen LogP contribution < -0.4 is 10.1 Å². The van der Waals surface area contributed by atoms with Crippen molar-refractivity contribution in [3.63, 3.8) is 0 Å². The van der Waals surface area contributed by atoms with Crippen molar-refractivity contribution in [2.24, 2.45) is 0 Å². The van der Waals surface area contributed by atoms with Crippen LogP contribution in [-0.2, 0) is 17.9 Å². The lowest BCUT2D eigenvalue weighted by Crippen LogP contribution is -2.43. The van der Waals surface area contributed by atoms with Crippen LogP contribution in [0.4, 0.5) is 0 Å². The summed E-state index contributed by atoms with van der Waals surface area (Å²) in [6.45, 7) is 8.63. The van der Waals surface area contributed by atoms with Gasteiger partial charge in [-0.2, -0.15) is 0 Å². The van der Waals surface area contributed by atoms with Gasteiger partial charge in [0.05, 0.1) is 6.61 Å². The van der Waals surface area contributed by atoms with Gasteiger partial charge in [-0.1, -0.05) is 36.4 Å². The summed E-state index contributed by atoms with van der Waals surface area (Å²) in [5.41, 5.74) is 3.40. The fraction of sp³-hybridized carbons (Fsp3) is 0.375. The van der Waals surface area contributed by atoms with E-state index in [2.05, 4.69) is 46.4 Å². The van der Waals surface area contributed by atoms with E-state index in [1.165, 1.54) is 5.56 Å². The van der Waals surface area contributed by atoms with Gasteiger partial charge < -0.3 is 15.0 Å². The standard InChI is InChI=1S/C24H31N3O2/c1-3-29-23-11-8-20(9-12-23)10-13-24(28)25-18-21-4-6-22(7-5-21)19-27-16-14-26(2)15-17-27/h4-13H,3,14-19H2,1-2H3,(H,25,28)/b13-10+. The maximum atomic E-state index is 12.1. The molecule has 1 amide bonds. The number of hydrogen-bond donors (Lipinski definition) is 1. The van der Waals surface area contributed by atoms with Crippen LogP contribution in [0.3, 0.4) is 0 Å². The van der Waals surface area contributed by atoms with Crippen molar-refractivity contribution >= 4 is 12.0 Å². The average molecular weight is 394 g/mol. The summed E-state index contributed by atoms with van der Waals surface area (Å²) in [6.07, 6.45) is 3.38. The summed E-state index contributed by atoms with van der Waals surface area (Å²) >= 11 is 0. The molecule has 0 aromatic heterocycles. The number of amides is 1. The van der Waals surface area contributed by atoms with Crippen LogP contribution in [0.5, 0.6) is 5.75 Å². The third-order valence-corrected chi connectivity index (χ3v) is 5.11. The number of piperazine rings is 1. The number of carbonyl (C=O) groups is 1. The number of rotatable bonds is 8. The zero-order valence-corrected chi connectivity index (χ0v) is 17.4. The number of nitrogens with zero attached hydrogens (tertiary/aromatic N) is 2. The molecule has 0 aliphatic carbocycles. The predicted molar refractivity (Wildman–Crippen MR) is 118 cm³/mol. The van der Waals surface area contributed by atoms with Crippen molar-refractivity contribution in [1.29, 1.82) is 0 Å². The smallest absolute Gasteiger partial charge is 0.244 e. The Hall–Kier alpha value is -2.63. The van der Waals surface area contributed by atoms with E-state index in [0.29, 0.717) is 13.2 Å². The highest BCUT2D eigenvalue weighted by atomic mass is 16.5. The second-order valence-corrected chi connectivity index (χ2v) is 7.45. The van der Waals surface area contributed by atoms with Crippen LogP contribution in [0.2, 0.25) is 0 Å². The number of ether oxygens (including phenoxy) is 1. The molecular formula is C24H31N3O2. The molecular weight excluding hydrogens is 362 g/mol. The van der Waals surface area contributed by atoms with Crippen molar-refractivity contribution < 1.29 is 9.53 Å². The summed E-state index contributed by atoms with van der Waals surface area (Å²) in [6, 6.07) is 16.2. The van der Waals surface area contributed by atoms with Crippen molar-refractivity contribution in [3.8, 4) is 5.75 Å². The molecule has 2 aromatic rings. The SMILES string of the molecule is CCOc1ccc(/C=C/C(=O)NCc2ccc(CN3CCN(C)CC3)cc2)cc1. The molecule has 3 rings (SSSR count). The highest BCUT2D eigenvalue weighted by molar-refractivity contribution is 5.91. The highest BCUT2D eigenvalue weighted by Crippen LogP contribution is 2.13. The van der Waals surface area contributed by atoms with E-state index >= 15 is 0 Å². The lowest BCUT2D eigenvalue weighted by molar-refractivity contribution is -0.116. The molecule has 0 radical (unpaired) electrons. The van der Waals surface area contributed by atoms with Gasteiger partial charge in [0.2, 0.25) is 5.91 Å². The Balaban J connectivity index is 1.42. The van der Waals surface area contributed by atoms with Gasteiger partial charge in [-0.25, -0.2) is 0 Å². The molecule has 2 aromatic carbocycles. The van der Waals surface area contributed by atoms with Gasteiger partial charge in [-0.3, -0.25) is 9.69 Å². The first-order valence-electron chi connectivity index (χ1n) is 10.3. The minimum absolute atomic E-state index is 0.0969. The van der Waals surface area contributed by atoms with Crippen molar-refractivity contribution in [2.45, 2.75) is 20.0 Å². The molecule has 0 spiro atoms. The molecule has 5 heteroatoms. The Morgan fingerprint density at radius 2 is 1.66 bits per heavy atom. The Morgan fingerprint density at radius 3 is 2.31 bits per heavy atom. The number of nitrogens with one attached hydrogen (secondary N) is 1. The van der Waals surface area contributed by atoms with E-state index in [0.717, 1.165) is 49.6 Å². The van der Waals surface area contributed by atoms with E-state index < -0.39 is 0 Å². The van der Waals surface area contributed by atoms with Gasteiger partial charge in [-0.05, 0) is 48.9 Å². The Labute approximate surface area is 174 Å². The average Bonchev–Trinajstić information content (AvgIpc) is 2.74. The molecule has 0 atom stereocenters. The Bertz CT molecular complexity index is 792. The predicted octanol–water partition coefficient (Wildman–Crippen LogP) is 3.16. The molecule has 0 saturated carbocycles. The van der Waals surface area contributed by atoms with Crippen LogP contribution in [0.1, 0.15) is 23.6 Å². The quantitative estimate of drug-likeness (QED) is 0.700. The Kier molecular flexibility index (Phi) is 7.85. The second-order valence-electron chi connectivity index (χ2n) is 7.45.